The zero-order valence-corrected chi connectivity index (χ0v) is 41.7. The Hall–Kier alpha value is -7.40. The van der Waals surface area contributed by atoms with E-state index < -0.39 is 5.41 Å². The van der Waals surface area contributed by atoms with Crippen molar-refractivity contribution in [3.63, 3.8) is 0 Å². The largest absolute Gasteiger partial charge is 0.311 e. The Morgan fingerprint density at radius 3 is 1.54 bits per heavy atom. The molecule has 4 heteroatoms. The van der Waals surface area contributed by atoms with E-state index in [0.717, 1.165) is 0 Å². The summed E-state index contributed by atoms with van der Waals surface area (Å²) in [5.41, 5.74) is 27.0. The summed E-state index contributed by atoms with van der Waals surface area (Å²) in [6, 6.07) is 74.3. The lowest BCUT2D eigenvalue weighted by atomic mass is 9.36. The minimum atomic E-state index is -0.413. The minimum Gasteiger partial charge on any atom is -0.311 e. The number of hydrogen-bond acceptors (Lipinski definition) is 3. The van der Waals surface area contributed by atoms with Crippen molar-refractivity contribution in [2.45, 2.75) is 64.7 Å². The molecule has 0 saturated heterocycles. The first-order valence-corrected chi connectivity index (χ1v) is 25.8. The molecule has 2 aliphatic carbocycles. The molecule has 3 heterocycles. The number of para-hydroxylation sites is 2. The fraction of sp³-hybridized carbons (Fsp3) is 0.152. The molecule has 10 aromatic rings. The number of thiophene rings is 1. The van der Waals surface area contributed by atoms with E-state index >= 15 is 0 Å². The van der Waals surface area contributed by atoms with E-state index in [-0.39, 0.29) is 17.5 Å². The Morgan fingerprint density at radius 2 is 0.971 bits per heavy atom. The third kappa shape index (κ3) is 5.57. The average molecular weight is 917 g/mol. The topological polar surface area (TPSA) is 6.48 Å². The van der Waals surface area contributed by atoms with Gasteiger partial charge < -0.3 is 9.80 Å². The highest BCUT2D eigenvalue weighted by Gasteiger charge is 2.53. The maximum Gasteiger partial charge on any atom is 0.264 e. The van der Waals surface area contributed by atoms with Crippen LogP contribution < -0.4 is 25.5 Å². The fourth-order valence-electron chi connectivity index (χ4n) is 13.2. The van der Waals surface area contributed by atoms with Crippen molar-refractivity contribution < 1.29 is 0 Å². The van der Waals surface area contributed by atoms with Gasteiger partial charge >= 0.3 is 0 Å². The summed E-state index contributed by atoms with van der Waals surface area (Å²) in [6.07, 6.45) is 0. The quantitative estimate of drug-likeness (QED) is 0.163. The molecular weight excluding hydrogens is 864 g/mol. The van der Waals surface area contributed by atoms with Crippen LogP contribution in [0, 0.1) is 6.92 Å². The van der Waals surface area contributed by atoms with Gasteiger partial charge in [-0.25, -0.2) is 0 Å². The van der Waals surface area contributed by atoms with Crippen LogP contribution >= 0.6 is 11.3 Å². The van der Waals surface area contributed by atoms with E-state index in [9.17, 15) is 0 Å². The van der Waals surface area contributed by atoms with E-state index in [0.29, 0.717) is 0 Å². The standard InChI is InChI=1S/C66H53BN2S/c1-40-35-57-61-58(36-40)69(43-23-12-9-13-24-43)62-48-38-47-46-27-16-19-30-51(46)66(49-28-17-14-25-44(49)45-26-15-18-29-50(45)66)54(47)39-59(48)70-63(62)67(61)55-34-33-41(37-56(55)68(57)42-21-10-8-11-22-42)60-52(64(2,3)4)31-20-32-53(60)65(5,6)7/h8-39H,1-7H3. The van der Waals surface area contributed by atoms with Gasteiger partial charge in [0.1, 0.15) is 0 Å². The minimum absolute atomic E-state index is 0.00550. The lowest BCUT2D eigenvalue weighted by Gasteiger charge is -2.43. The average Bonchev–Trinajstić information content (AvgIpc) is 3.99. The Kier molecular flexibility index (Phi) is 8.65. The van der Waals surface area contributed by atoms with Gasteiger partial charge in [-0.15, -0.1) is 11.3 Å². The SMILES string of the molecule is Cc1cc2c3c(c1)N(c1ccccc1)c1c(sc4cc5c(cc14)-c1ccccc1C51c4ccccc4-c4ccccc41)B3c1ccc(-c3c(C(C)(C)C)cccc3C(C)(C)C)cc1N2c1ccccc1. The molecule has 0 amide bonds. The fourth-order valence-corrected chi connectivity index (χ4v) is 14.5. The van der Waals surface area contributed by atoms with Gasteiger partial charge in [-0.2, -0.15) is 0 Å². The number of aryl methyl sites for hydroxylation is 1. The van der Waals surface area contributed by atoms with Gasteiger partial charge in [-0.1, -0.05) is 181 Å². The van der Waals surface area contributed by atoms with Gasteiger partial charge in [-0.05, 0) is 156 Å². The zero-order valence-electron chi connectivity index (χ0n) is 40.9. The van der Waals surface area contributed by atoms with Crippen molar-refractivity contribution in [1.29, 1.82) is 0 Å². The highest BCUT2D eigenvalue weighted by atomic mass is 32.1. The molecule has 0 radical (unpaired) electrons. The summed E-state index contributed by atoms with van der Waals surface area (Å²) in [7, 11) is 0. The Labute approximate surface area is 416 Å². The number of rotatable bonds is 3. The Bertz CT molecular complexity index is 3750. The van der Waals surface area contributed by atoms with E-state index in [2.05, 4.69) is 252 Å². The zero-order chi connectivity index (χ0) is 47.4. The Balaban J connectivity index is 1.09. The van der Waals surface area contributed by atoms with Crippen molar-refractivity contribution in [3.05, 3.63) is 233 Å². The van der Waals surface area contributed by atoms with Crippen molar-refractivity contribution in [2.24, 2.45) is 0 Å². The molecule has 9 aromatic carbocycles. The second kappa shape index (κ2) is 14.6. The number of anilines is 6. The lowest BCUT2D eigenvalue weighted by Crippen LogP contribution is -2.60. The summed E-state index contributed by atoms with van der Waals surface area (Å²) < 4.78 is 2.71. The van der Waals surface area contributed by atoms with Gasteiger partial charge in [0, 0.05) is 43.3 Å². The predicted molar refractivity (Wildman–Crippen MR) is 300 cm³/mol. The van der Waals surface area contributed by atoms with Crippen LogP contribution in [0.4, 0.5) is 34.1 Å². The van der Waals surface area contributed by atoms with Gasteiger partial charge in [0.15, 0.2) is 0 Å². The second-order valence-corrected chi connectivity index (χ2v) is 23.2. The highest BCUT2D eigenvalue weighted by molar-refractivity contribution is 7.33. The molecule has 2 aliphatic heterocycles. The Morgan fingerprint density at radius 1 is 0.457 bits per heavy atom. The molecule has 2 nitrogen and oxygen atoms in total. The third-order valence-electron chi connectivity index (χ3n) is 15.9. The molecule has 0 saturated carbocycles. The monoisotopic (exact) mass is 916 g/mol. The molecule has 0 bridgehead atoms. The van der Waals surface area contributed by atoms with E-state index in [1.807, 2.05) is 11.3 Å². The van der Waals surface area contributed by atoms with Crippen LogP contribution in [0.2, 0.25) is 0 Å². The summed E-state index contributed by atoms with van der Waals surface area (Å²) >= 11 is 2.00. The molecule has 0 fully saturated rings. The van der Waals surface area contributed by atoms with Gasteiger partial charge in [0.2, 0.25) is 0 Å². The summed E-state index contributed by atoms with van der Waals surface area (Å²) in [5, 5.41) is 1.31. The van der Waals surface area contributed by atoms with Crippen LogP contribution in [-0.2, 0) is 16.2 Å². The summed E-state index contributed by atoms with van der Waals surface area (Å²) in [5.74, 6) is 0. The first-order valence-electron chi connectivity index (χ1n) is 25.0. The number of nitrogens with zero attached hydrogens (tertiary/aromatic N) is 2. The second-order valence-electron chi connectivity index (χ2n) is 22.1. The number of fused-ring (bicyclic) bond motifs is 16. The molecule has 336 valence electrons. The summed E-state index contributed by atoms with van der Waals surface area (Å²) in [4.78, 5) is 5.18. The molecule has 70 heavy (non-hydrogen) atoms. The van der Waals surface area contributed by atoms with Crippen LogP contribution in [-0.4, -0.2) is 6.71 Å². The smallest absolute Gasteiger partial charge is 0.264 e. The lowest BCUT2D eigenvalue weighted by molar-refractivity contribution is 0.572. The number of hydrogen-bond donors (Lipinski definition) is 0. The molecule has 14 rings (SSSR count). The maximum atomic E-state index is 2.61. The first-order chi connectivity index (χ1) is 33.9. The van der Waals surface area contributed by atoms with Crippen LogP contribution in [0.25, 0.3) is 43.5 Å². The molecule has 1 spiro atoms. The van der Waals surface area contributed by atoms with Gasteiger partial charge in [0.05, 0.1) is 11.1 Å². The van der Waals surface area contributed by atoms with E-state index in [4.69, 9.17) is 0 Å². The molecule has 0 N–H and O–H groups in total. The van der Waals surface area contributed by atoms with Crippen molar-refractivity contribution in [3.8, 4) is 33.4 Å². The van der Waals surface area contributed by atoms with Gasteiger partial charge in [0.25, 0.3) is 6.71 Å². The molecular formula is C66H53BN2S. The normalized spacial score (nSPS) is 14.5. The van der Waals surface area contributed by atoms with Gasteiger partial charge in [-0.3, -0.25) is 0 Å². The van der Waals surface area contributed by atoms with Crippen LogP contribution in [0.1, 0.15) is 80.5 Å². The van der Waals surface area contributed by atoms with Crippen LogP contribution in [0.5, 0.6) is 0 Å². The van der Waals surface area contributed by atoms with Crippen LogP contribution in [0.15, 0.2) is 194 Å². The van der Waals surface area contributed by atoms with E-state index in [1.54, 1.807) is 0 Å². The highest BCUT2D eigenvalue weighted by Crippen LogP contribution is 2.64. The summed E-state index contributed by atoms with van der Waals surface area (Å²) in [6.45, 7) is 16.4. The van der Waals surface area contributed by atoms with Crippen molar-refractivity contribution in [2.75, 3.05) is 9.80 Å². The molecule has 4 aliphatic rings. The predicted octanol–water partition coefficient (Wildman–Crippen LogP) is 15.9. The molecule has 0 unspecified atom stereocenters. The first kappa shape index (κ1) is 41.6. The maximum absolute atomic E-state index is 2.61. The third-order valence-corrected chi connectivity index (χ3v) is 17.1. The van der Waals surface area contributed by atoms with Crippen molar-refractivity contribution in [1.82, 2.24) is 0 Å². The van der Waals surface area contributed by atoms with Crippen molar-refractivity contribution >= 4 is 78.0 Å². The van der Waals surface area contributed by atoms with E-state index in [1.165, 1.54) is 132 Å². The number of benzene rings is 9. The van der Waals surface area contributed by atoms with Crippen LogP contribution in [0.3, 0.4) is 0 Å². The molecule has 1 aromatic heterocycles. The molecule has 0 atom stereocenters.